The lowest BCUT2D eigenvalue weighted by Crippen LogP contribution is -2.27. The van der Waals surface area contributed by atoms with Crippen molar-refractivity contribution in [1.29, 1.82) is 0 Å². The molecule has 0 unspecified atom stereocenters. The minimum absolute atomic E-state index is 0.0883. The van der Waals surface area contributed by atoms with Gasteiger partial charge in [-0.25, -0.2) is 0 Å². The van der Waals surface area contributed by atoms with Crippen molar-refractivity contribution >= 4 is 17.3 Å². The van der Waals surface area contributed by atoms with Crippen molar-refractivity contribution in [2.45, 2.75) is 38.6 Å². The van der Waals surface area contributed by atoms with E-state index >= 15 is 0 Å². The number of hydrogen-bond donors (Lipinski definition) is 2. The van der Waals surface area contributed by atoms with E-state index in [9.17, 15) is 4.79 Å². The molecule has 0 spiro atoms. The Hall–Kier alpha value is -3.15. The molecule has 2 aromatic carbocycles. The molecule has 4 rings (SSSR count). The van der Waals surface area contributed by atoms with Crippen LogP contribution in [0.4, 0.5) is 11.4 Å². The van der Waals surface area contributed by atoms with E-state index in [4.69, 9.17) is 0 Å². The van der Waals surface area contributed by atoms with Crippen molar-refractivity contribution in [3.8, 4) is 0 Å². The summed E-state index contributed by atoms with van der Waals surface area (Å²) >= 11 is 0. The van der Waals surface area contributed by atoms with E-state index in [0.29, 0.717) is 18.5 Å². The molecule has 1 aromatic heterocycles. The summed E-state index contributed by atoms with van der Waals surface area (Å²) in [5.74, 6) is 1.96. The first-order chi connectivity index (χ1) is 13.8. The number of aromatic nitrogens is 3. The van der Waals surface area contributed by atoms with Gasteiger partial charge in [0.15, 0.2) is 0 Å². The van der Waals surface area contributed by atoms with Gasteiger partial charge in [0.25, 0.3) is 5.91 Å². The van der Waals surface area contributed by atoms with Crippen molar-refractivity contribution in [1.82, 2.24) is 20.1 Å². The number of benzene rings is 2. The number of aryl methyl sites for hydroxylation is 1. The van der Waals surface area contributed by atoms with Gasteiger partial charge in [-0.3, -0.25) is 4.79 Å². The smallest absolute Gasteiger partial charge is 0.253 e. The van der Waals surface area contributed by atoms with Gasteiger partial charge in [0, 0.05) is 31.6 Å². The van der Waals surface area contributed by atoms with Crippen molar-refractivity contribution in [2.75, 3.05) is 11.9 Å². The molecule has 0 atom stereocenters. The second-order valence-corrected chi connectivity index (χ2v) is 7.04. The van der Waals surface area contributed by atoms with Crippen molar-refractivity contribution in [3.05, 3.63) is 71.8 Å². The third kappa shape index (κ3) is 4.22. The molecule has 0 fully saturated rings. The molecule has 0 aliphatic carbocycles. The number of para-hydroxylation sites is 2. The second-order valence-electron chi connectivity index (χ2n) is 7.04. The number of carbonyl (C=O) groups excluding carboxylic acids is 1. The Morgan fingerprint density at radius 2 is 1.79 bits per heavy atom. The summed E-state index contributed by atoms with van der Waals surface area (Å²) in [7, 11) is 0. The van der Waals surface area contributed by atoms with Gasteiger partial charge in [0.2, 0.25) is 0 Å². The highest BCUT2D eigenvalue weighted by Crippen LogP contribution is 2.20. The standard InChI is InChI=1S/C22H25N5O/c28-22(18-11-6-7-12-19(18)24-17-9-3-1-4-10-17)23-15-14-21-26-25-20-13-5-2-8-16-27(20)21/h1,3-4,6-7,9-12,24H,2,5,8,13-16H2,(H,23,28). The van der Waals surface area contributed by atoms with Crippen LogP contribution in [0, 0.1) is 0 Å². The summed E-state index contributed by atoms with van der Waals surface area (Å²) in [6.07, 6.45) is 5.28. The Balaban J connectivity index is 1.39. The highest BCUT2D eigenvalue weighted by atomic mass is 16.1. The maximum Gasteiger partial charge on any atom is 0.253 e. The molecule has 144 valence electrons. The molecule has 6 nitrogen and oxygen atoms in total. The predicted octanol–water partition coefficient (Wildman–Crippen LogP) is 3.72. The van der Waals surface area contributed by atoms with Gasteiger partial charge in [-0.2, -0.15) is 0 Å². The van der Waals surface area contributed by atoms with Crippen LogP contribution in [0.15, 0.2) is 54.6 Å². The van der Waals surface area contributed by atoms with Gasteiger partial charge in [-0.05, 0) is 37.1 Å². The molecule has 2 heterocycles. The van der Waals surface area contributed by atoms with Gasteiger partial charge >= 0.3 is 0 Å². The number of nitrogens with one attached hydrogen (secondary N) is 2. The lowest BCUT2D eigenvalue weighted by atomic mass is 10.1. The summed E-state index contributed by atoms with van der Waals surface area (Å²) < 4.78 is 2.23. The zero-order valence-electron chi connectivity index (χ0n) is 15.9. The summed E-state index contributed by atoms with van der Waals surface area (Å²) in [4.78, 5) is 12.7. The SMILES string of the molecule is O=C(NCCc1nnc2n1CCCCC2)c1ccccc1Nc1ccccc1. The summed E-state index contributed by atoms with van der Waals surface area (Å²) in [6, 6.07) is 17.4. The topological polar surface area (TPSA) is 71.8 Å². The minimum Gasteiger partial charge on any atom is -0.355 e. The van der Waals surface area contributed by atoms with E-state index in [0.717, 1.165) is 36.0 Å². The highest BCUT2D eigenvalue weighted by Gasteiger charge is 2.15. The monoisotopic (exact) mass is 375 g/mol. The number of amides is 1. The molecule has 6 heteroatoms. The maximum atomic E-state index is 12.7. The van der Waals surface area contributed by atoms with E-state index < -0.39 is 0 Å². The molecule has 1 aliphatic heterocycles. The number of hydrogen-bond acceptors (Lipinski definition) is 4. The van der Waals surface area contributed by atoms with Crippen LogP contribution in [0.3, 0.4) is 0 Å². The Morgan fingerprint density at radius 3 is 2.68 bits per heavy atom. The Morgan fingerprint density at radius 1 is 0.964 bits per heavy atom. The summed E-state index contributed by atoms with van der Waals surface area (Å²) in [5, 5.41) is 15.0. The van der Waals surface area contributed by atoms with Crippen LogP contribution in [-0.4, -0.2) is 27.2 Å². The lowest BCUT2D eigenvalue weighted by Gasteiger charge is -2.12. The lowest BCUT2D eigenvalue weighted by molar-refractivity contribution is 0.0954. The third-order valence-electron chi connectivity index (χ3n) is 5.04. The van der Waals surface area contributed by atoms with E-state index in [1.807, 2.05) is 54.6 Å². The van der Waals surface area contributed by atoms with Crippen LogP contribution in [-0.2, 0) is 19.4 Å². The van der Waals surface area contributed by atoms with Crippen LogP contribution in [0.2, 0.25) is 0 Å². The average molecular weight is 375 g/mol. The van der Waals surface area contributed by atoms with Crippen LogP contribution < -0.4 is 10.6 Å². The fourth-order valence-corrected chi connectivity index (χ4v) is 3.58. The number of anilines is 2. The maximum absolute atomic E-state index is 12.7. The van der Waals surface area contributed by atoms with Crippen LogP contribution in [0.1, 0.15) is 41.3 Å². The number of rotatable bonds is 6. The Labute approximate surface area is 165 Å². The molecule has 2 N–H and O–H groups in total. The van der Waals surface area contributed by atoms with E-state index in [2.05, 4.69) is 25.4 Å². The Bertz CT molecular complexity index is 935. The van der Waals surface area contributed by atoms with E-state index in [1.165, 1.54) is 19.3 Å². The summed E-state index contributed by atoms with van der Waals surface area (Å²) in [5.41, 5.74) is 2.38. The fraction of sp³-hybridized carbons (Fsp3) is 0.318. The van der Waals surface area contributed by atoms with Crippen LogP contribution >= 0.6 is 0 Å². The zero-order valence-corrected chi connectivity index (χ0v) is 15.9. The zero-order chi connectivity index (χ0) is 19.2. The van der Waals surface area contributed by atoms with Gasteiger partial charge in [-0.1, -0.05) is 36.8 Å². The van der Waals surface area contributed by atoms with E-state index in [1.54, 1.807) is 0 Å². The minimum atomic E-state index is -0.0883. The molecule has 1 aliphatic rings. The van der Waals surface area contributed by atoms with Crippen molar-refractivity contribution in [2.24, 2.45) is 0 Å². The molecule has 28 heavy (non-hydrogen) atoms. The fourth-order valence-electron chi connectivity index (χ4n) is 3.58. The summed E-state index contributed by atoms with van der Waals surface area (Å²) in [6.45, 7) is 1.52. The first-order valence-electron chi connectivity index (χ1n) is 9.91. The second kappa shape index (κ2) is 8.69. The Kier molecular flexibility index (Phi) is 5.66. The van der Waals surface area contributed by atoms with Crippen LogP contribution in [0.25, 0.3) is 0 Å². The molecule has 0 saturated heterocycles. The van der Waals surface area contributed by atoms with Crippen molar-refractivity contribution in [3.63, 3.8) is 0 Å². The molecule has 3 aromatic rings. The molecule has 0 bridgehead atoms. The normalized spacial score (nSPS) is 13.4. The van der Waals surface area contributed by atoms with Crippen molar-refractivity contribution < 1.29 is 4.79 Å². The first-order valence-corrected chi connectivity index (χ1v) is 9.91. The van der Waals surface area contributed by atoms with Gasteiger partial charge in [0.05, 0.1) is 11.3 Å². The number of nitrogens with zero attached hydrogens (tertiary/aromatic N) is 3. The average Bonchev–Trinajstić information content (AvgIpc) is 2.95. The molecule has 1 amide bonds. The predicted molar refractivity (Wildman–Crippen MR) is 110 cm³/mol. The largest absolute Gasteiger partial charge is 0.355 e. The third-order valence-corrected chi connectivity index (χ3v) is 5.04. The van der Waals surface area contributed by atoms with E-state index in [-0.39, 0.29) is 5.91 Å². The number of carbonyl (C=O) groups is 1. The molecule has 0 radical (unpaired) electrons. The van der Waals surface area contributed by atoms with Gasteiger partial charge < -0.3 is 15.2 Å². The molecule has 0 saturated carbocycles. The molecular formula is C22H25N5O. The molecular weight excluding hydrogens is 350 g/mol. The van der Waals surface area contributed by atoms with Gasteiger partial charge in [-0.15, -0.1) is 10.2 Å². The van der Waals surface area contributed by atoms with Crippen LogP contribution in [0.5, 0.6) is 0 Å². The first kappa shape index (κ1) is 18.2. The number of fused-ring (bicyclic) bond motifs is 1. The quantitative estimate of drug-likeness (QED) is 0.689. The highest BCUT2D eigenvalue weighted by molar-refractivity contribution is 6.00. The van der Waals surface area contributed by atoms with Gasteiger partial charge in [0.1, 0.15) is 11.6 Å².